The summed E-state index contributed by atoms with van der Waals surface area (Å²) in [5, 5.41) is 10.4. The molecule has 6 heteroatoms. The monoisotopic (exact) mass is 439 g/mol. The second-order valence-electron chi connectivity index (χ2n) is 7.92. The van der Waals surface area contributed by atoms with E-state index in [-0.39, 0.29) is 5.75 Å². The zero-order chi connectivity index (χ0) is 22.6. The van der Waals surface area contributed by atoms with E-state index in [0.29, 0.717) is 18.8 Å². The summed E-state index contributed by atoms with van der Waals surface area (Å²) in [5.41, 5.74) is 4.09. The Morgan fingerprint density at radius 1 is 1.00 bits per heavy atom. The maximum Gasteiger partial charge on any atom is 0.178 e. The normalized spacial score (nSPS) is 11.2. The molecular weight excluding hydrogens is 414 g/mol. The average molecular weight is 440 g/mol. The van der Waals surface area contributed by atoms with Gasteiger partial charge in [-0.05, 0) is 42.8 Å². The number of pyridine rings is 1. The summed E-state index contributed by atoms with van der Waals surface area (Å²) < 4.78 is 13.6. The van der Waals surface area contributed by atoms with Gasteiger partial charge >= 0.3 is 0 Å². The number of benzene rings is 2. The van der Waals surface area contributed by atoms with Gasteiger partial charge in [-0.25, -0.2) is 9.97 Å². The lowest BCUT2D eigenvalue weighted by molar-refractivity contribution is 0.309. The highest BCUT2D eigenvalue weighted by Crippen LogP contribution is 2.31. The minimum absolute atomic E-state index is 0.247. The number of para-hydroxylation sites is 1. The molecule has 1 N–H and O–H groups in total. The van der Waals surface area contributed by atoms with E-state index in [4.69, 9.17) is 14.1 Å². The second kappa shape index (κ2) is 9.20. The lowest BCUT2D eigenvalue weighted by atomic mass is 10.1. The van der Waals surface area contributed by atoms with Crippen molar-refractivity contribution in [1.29, 1.82) is 0 Å². The van der Waals surface area contributed by atoms with Crippen LogP contribution in [0.25, 0.3) is 33.9 Å². The molecule has 2 aromatic carbocycles. The van der Waals surface area contributed by atoms with E-state index < -0.39 is 0 Å². The summed E-state index contributed by atoms with van der Waals surface area (Å²) in [5.74, 6) is 2.56. The number of furan rings is 1. The van der Waals surface area contributed by atoms with Crippen molar-refractivity contribution < 1.29 is 14.3 Å². The summed E-state index contributed by atoms with van der Waals surface area (Å²) in [6, 6.07) is 21.1. The Morgan fingerprint density at radius 2 is 1.91 bits per heavy atom. The first-order chi connectivity index (χ1) is 16.2. The van der Waals surface area contributed by atoms with Crippen molar-refractivity contribution in [3.8, 4) is 34.2 Å². The number of phenols is 1. The van der Waals surface area contributed by atoms with Crippen LogP contribution in [0.15, 0.2) is 83.6 Å². The van der Waals surface area contributed by atoms with Crippen molar-refractivity contribution in [1.82, 2.24) is 14.5 Å². The van der Waals surface area contributed by atoms with Crippen molar-refractivity contribution in [2.75, 3.05) is 6.61 Å². The standard InChI is InChI=1S/C27H25N3O3/c1-2-3-13-32-22-10-6-9-19(15-22)27-29-26-23(16-21(17-28-26)25-12-7-14-33-25)30(27)18-20-8-4-5-11-24(20)31/h4-12,14-17,31H,2-3,13,18H2,1H3. The molecule has 3 aromatic heterocycles. The molecule has 33 heavy (non-hydrogen) atoms. The molecule has 0 unspecified atom stereocenters. The van der Waals surface area contributed by atoms with Gasteiger partial charge in [0, 0.05) is 22.9 Å². The lowest BCUT2D eigenvalue weighted by Crippen LogP contribution is -2.03. The van der Waals surface area contributed by atoms with Crippen molar-refractivity contribution >= 4 is 11.2 Å². The summed E-state index contributed by atoms with van der Waals surface area (Å²) in [6.07, 6.45) is 5.51. The number of phenolic OH excluding ortho intramolecular Hbond substituents is 1. The molecule has 6 nitrogen and oxygen atoms in total. The van der Waals surface area contributed by atoms with E-state index >= 15 is 0 Å². The Hall–Kier alpha value is -4.06. The van der Waals surface area contributed by atoms with E-state index in [1.54, 1.807) is 18.5 Å². The van der Waals surface area contributed by atoms with Crippen LogP contribution in [0.5, 0.6) is 11.5 Å². The van der Waals surface area contributed by atoms with Crippen LogP contribution in [0.1, 0.15) is 25.3 Å². The third kappa shape index (κ3) is 4.32. The highest BCUT2D eigenvalue weighted by molar-refractivity contribution is 5.81. The first kappa shape index (κ1) is 20.8. The Balaban J connectivity index is 1.63. The molecule has 0 spiro atoms. The minimum atomic E-state index is 0.247. The maximum absolute atomic E-state index is 10.4. The highest BCUT2D eigenvalue weighted by atomic mass is 16.5. The van der Waals surface area contributed by atoms with Gasteiger partial charge in [-0.3, -0.25) is 0 Å². The molecular formula is C27H25N3O3. The zero-order valence-corrected chi connectivity index (χ0v) is 18.4. The third-order valence-electron chi connectivity index (χ3n) is 5.59. The molecule has 0 aliphatic heterocycles. The Labute approximate surface area is 192 Å². The molecule has 0 amide bonds. The minimum Gasteiger partial charge on any atom is -0.508 e. The molecule has 3 heterocycles. The molecule has 0 aliphatic carbocycles. The number of aromatic nitrogens is 3. The number of hydrogen-bond acceptors (Lipinski definition) is 5. The number of fused-ring (bicyclic) bond motifs is 1. The number of unbranched alkanes of at least 4 members (excludes halogenated alkanes) is 1. The van der Waals surface area contributed by atoms with Crippen LogP contribution in [0.4, 0.5) is 0 Å². The van der Waals surface area contributed by atoms with Gasteiger partial charge in [-0.2, -0.15) is 0 Å². The number of nitrogens with zero attached hydrogens (tertiary/aromatic N) is 3. The van der Waals surface area contributed by atoms with Crippen molar-refractivity contribution in [2.45, 2.75) is 26.3 Å². The summed E-state index contributed by atoms with van der Waals surface area (Å²) in [6.45, 7) is 3.27. The van der Waals surface area contributed by atoms with Crippen molar-refractivity contribution in [3.63, 3.8) is 0 Å². The van der Waals surface area contributed by atoms with E-state index in [2.05, 4.69) is 16.5 Å². The van der Waals surface area contributed by atoms with Crippen LogP contribution >= 0.6 is 0 Å². The fourth-order valence-corrected chi connectivity index (χ4v) is 3.84. The smallest absolute Gasteiger partial charge is 0.178 e. The topological polar surface area (TPSA) is 73.3 Å². The van der Waals surface area contributed by atoms with Crippen molar-refractivity contribution in [2.24, 2.45) is 0 Å². The Kier molecular flexibility index (Phi) is 5.81. The van der Waals surface area contributed by atoms with E-state index in [0.717, 1.165) is 52.4 Å². The van der Waals surface area contributed by atoms with Crippen LogP contribution in [0, 0.1) is 0 Å². The lowest BCUT2D eigenvalue weighted by Gasteiger charge is -2.12. The molecule has 166 valence electrons. The number of ether oxygens (including phenoxy) is 1. The van der Waals surface area contributed by atoms with Crippen molar-refractivity contribution in [3.05, 3.63) is 84.8 Å². The highest BCUT2D eigenvalue weighted by Gasteiger charge is 2.17. The predicted molar refractivity (Wildman–Crippen MR) is 128 cm³/mol. The molecule has 0 radical (unpaired) electrons. The van der Waals surface area contributed by atoms with Gasteiger partial charge in [0.15, 0.2) is 5.65 Å². The Bertz CT molecular complexity index is 1370. The molecule has 0 bridgehead atoms. The SMILES string of the molecule is CCCCOc1cccc(-c2nc3ncc(-c4ccco4)cc3n2Cc2ccccc2O)c1. The zero-order valence-electron chi connectivity index (χ0n) is 18.4. The van der Waals surface area contributed by atoms with Crippen LogP contribution in [-0.2, 0) is 6.54 Å². The van der Waals surface area contributed by atoms with E-state index in [1.165, 1.54) is 0 Å². The molecule has 5 rings (SSSR count). The maximum atomic E-state index is 10.4. The first-order valence-electron chi connectivity index (χ1n) is 11.1. The quantitative estimate of drug-likeness (QED) is 0.288. The predicted octanol–water partition coefficient (Wildman–Crippen LogP) is 6.29. The Morgan fingerprint density at radius 3 is 2.73 bits per heavy atom. The van der Waals surface area contributed by atoms with Gasteiger partial charge in [0.05, 0.1) is 24.9 Å². The van der Waals surface area contributed by atoms with Gasteiger partial charge < -0.3 is 18.8 Å². The number of rotatable bonds is 8. The third-order valence-corrected chi connectivity index (χ3v) is 5.59. The van der Waals surface area contributed by atoms with E-state index in [9.17, 15) is 5.11 Å². The number of aromatic hydroxyl groups is 1. The summed E-state index contributed by atoms with van der Waals surface area (Å²) >= 11 is 0. The summed E-state index contributed by atoms with van der Waals surface area (Å²) in [4.78, 5) is 9.46. The first-order valence-corrected chi connectivity index (χ1v) is 11.1. The van der Waals surface area contributed by atoms with Crippen LogP contribution < -0.4 is 4.74 Å². The van der Waals surface area contributed by atoms with Crippen LogP contribution in [0.3, 0.4) is 0 Å². The average Bonchev–Trinajstić information content (AvgIpc) is 3.49. The van der Waals surface area contributed by atoms with Crippen LogP contribution in [0.2, 0.25) is 0 Å². The van der Waals surface area contributed by atoms with Gasteiger partial charge in [-0.1, -0.05) is 43.7 Å². The van der Waals surface area contributed by atoms with E-state index in [1.807, 2.05) is 60.7 Å². The van der Waals surface area contributed by atoms with Crippen LogP contribution in [-0.4, -0.2) is 26.2 Å². The molecule has 0 saturated heterocycles. The molecule has 0 atom stereocenters. The molecule has 5 aromatic rings. The fraction of sp³-hybridized carbons (Fsp3) is 0.185. The second-order valence-corrected chi connectivity index (χ2v) is 7.92. The van der Waals surface area contributed by atoms with Gasteiger partial charge in [0.2, 0.25) is 0 Å². The molecule has 0 fully saturated rings. The summed E-state index contributed by atoms with van der Waals surface area (Å²) in [7, 11) is 0. The molecule has 0 aliphatic rings. The van der Waals surface area contributed by atoms with Gasteiger partial charge in [0.1, 0.15) is 23.1 Å². The largest absolute Gasteiger partial charge is 0.508 e. The van der Waals surface area contributed by atoms with Gasteiger partial charge in [0.25, 0.3) is 0 Å². The number of imidazole rings is 1. The fourth-order valence-electron chi connectivity index (χ4n) is 3.84. The molecule has 0 saturated carbocycles. The number of hydrogen-bond donors (Lipinski definition) is 1. The van der Waals surface area contributed by atoms with Gasteiger partial charge in [-0.15, -0.1) is 0 Å².